The minimum Gasteiger partial charge on any atom is -0.490 e. The smallest absolute Gasteiger partial charge is 0.293 e. The molecule has 2 amide bonds. The van der Waals surface area contributed by atoms with Crippen LogP contribution in [0.2, 0.25) is 0 Å². The van der Waals surface area contributed by atoms with Crippen LogP contribution >= 0.6 is 11.8 Å². The molecule has 110 valence electrons. The topological polar surface area (TPSA) is 72.6 Å². The summed E-state index contributed by atoms with van der Waals surface area (Å²) in [5.74, 6) is 0.436. The molecule has 1 aliphatic heterocycles. The largest absolute Gasteiger partial charge is 0.490 e. The molecule has 0 aliphatic carbocycles. The van der Waals surface area contributed by atoms with Crippen LogP contribution in [0.5, 0.6) is 5.75 Å². The van der Waals surface area contributed by atoms with E-state index in [1.807, 2.05) is 12.1 Å². The van der Waals surface area contributed by atoms with E-state index in [1.165, 1.54) is 0 Å². The van der Waals surface area contributed by atoms with Crippen molar-refractivity contribution in [1.29, 1.82) is 0 Å². The second kappa shape index (κ2) is 7.10. The number of imide groups is 1. The fourth-order valence-corrected chi connectivity index (χ4v) is 2.65. The van der Waals surface area contributed by atoms with Gasteiger partial charge in [-0.2, -0.15) is 0 Å². The highest BCUT2D eigenvalue weighted by Crippen LogP contribution is 2.32. The maximum Gasteiger partial charge on any atom is 0.293 e. The molecule has 1 aromatic rings. The van der Waals surface area contributed by atoms with Gasteiger partial charge in [0.15, 0.2) is 0 Å². The second-order valence-corrected chi connectivity index (χ2v) is 5.28. The molecule has 0 radical (unpaired) electrons. The lowest BCUT2D eigenvalue weighted by molar-refractivity contribution is -0.122. The molecule has 1 aromatic carbocycles. The average Bonchev–Trinajstić information content (AvgIpc) is 2.75. The minimum atomic E-state index is -0.289. The molecule has 21 heavy (non-hydrogen) atoms. The summed E-state index contributed by atoms with van der Waals surface area (Å²) in [4.78, 5) is 25.3. The van der Waals surface area contributed by atoms with Crippen LogP contribution in [-0.2, 0) is 4.79 Å². The van der Waals surface area contributed by atoms with Crippen molar-refractivity contribution in [2.75, 3.05) is 19.7 Å². The van der Waals surface area contributed by atoms with Crippen LogP contribution in [0.4, 0.5) is 4.79 Å². The minimum absolute atomic E-state index is 0.246. The number of hydrogen-bond donors (Lipinski definition) is 1. The van der Waals surface area contributed by atoms with Gasteiger partial charge >= 0.3 is 0 Å². The van der Waals surface area contributed by atoms with Gasteiger partial charge in [-0.25, -0.2) is 0 Å². The van der Waals surface area contributed by atoms with Gasteiger partial charge < -0.3 is 10.5 Å². The van der Waals surface area contributed by atoms with E-state index in [-0.39, 0.29) is 24.2 Å². The van der Waals surface area contributed by atoms with Crippen LogP contribution in [0.1, 0.15) is 5.56 Å². The Bertz CT molecular complexity index is 581. The molecule has 0 aromatic heterocycles. The molecule has 5 nitrogen and oxygen atoms in total. The van der Waals surface area contributed by atoms with E-state index in [4.69, 9.17) is 10.5 Å². The van der Waals surface area contributed by atoms with E-state index in [9.17, 15) is 9.59 Å². The maximum atomic E-state index is 12.0. The first kappa shape index (κ1) is 15.3. The van der Waals surface area contributed by atoms with Crippen molar-refractivity contribution in [2.24, 2.45) is 5.73 Å². The molecule has 0 unspecified atom stereocenters. The number of thioether (sulfide) groups is 1. The van der Waals surface area contributed by atoms with E-state index in [1.54, 1.807) is 24.3 Å². The third-order valence-corrected chi connectivity index (χ3v) is 3.68. The SMILES string of the molecule is C=CCOc1ccc(/C=C2\SC(=O)N(CCN)C2=O)cc1. The fraction of sp³-hybridized carbons (Fsp3) is 0.200. The van der Waals surface area contributed by atoms with Gasteiger partial charge in [0.25, 0.3) is 11.1 Å². The quantitative estimate of drug-likeness (QED) is 0.644. The summed E-state index contributed by atoms with van der Waals surface area (Å²) in [7, 11) is 0. The van der Waals surface area contributed by atoms with Crippen LogP contribution in [0, 0.1) is 0 Å². The van der Waals surface area contributed by atoms with Gasteiger partial charge in [-0.15, -0.1) is 0 Å². The third-order valence-electron chi connectivity index (χ3n) is 2.77. The summed E-state index contributed by atoms with van der Waals surface area (Å²) >= 11 is 0.933. The Kier molecular flexibility index (Phi) is 5.19. The molecule has 0 spiro atoms. The number of hydrogen-bond acceptors (Lipinski definition) is 5. The first-order chi connectivity index (χ1) is 10.2. The number of nitrogens with zero attached hydrogens (tertiary/aromatic N) is 1. The maximum absolute atomic E-state index is 12.0. The van der Waals surface area contributed by atoms with Gasteiger partial charge in [0.05, 0.1) is 4.91 Å². The highest BCUT2D eigenvalue weighted by molar-refractivity contribution is 8.18. The summed E-state index contributed by atoms with van der Waals surface area (Å²) in [5, 5.41) is -0.275. The molecule has 0 bridgehead atoms. The number of nitrogens with two attached hydrogens (primary N) is 1. The fourth-order valence-electron chi connectivity index (χ4n) is 1.79. The lowest BCUT2D eigenvalue weighted by Crippen LogP contribution is -2.33. The Balaban J connectivity index is 2.11. The van der Waals surface area contributed by atoms with Gasteiger partial charge in [0.2, 0.25) is 0 Å². The monoisotopic (exact) mass is 304 g/mol. The van der Waals surface area contributed by atoms with Crippen LogP contribution in [-0.4, -0.2) is 35.7 Å². The molecule has 1 heterocycles. The molecule has 6 heteroatoms. The van der Waals surface area contributed by atoms with E-state index in [0.717, 1.165) is 28.0 Å². The molecular formula is C15H16N2O3S. The standard InChI is InChI=1S/C15H16N2O3S/c1-2-9-20-12-5-3-11(4-6-12)10-13-14(18)17(8-7-16)15(19)21-13/h2-6,10H,1,7-9,16H2/b13-10-. The molecule has 1 aliphatic rings. The molecule has 1 fully saturated rings. The van der Waals surface area contributed by atoms with Crippen LogP contribution in [0.3, 0.4) is 0 Å². The zero-order valence-corrected chi connectivity index (χ0v) is 12.3. The van der Waals surface area contributed by atoms with Crippen LogP contribution in [0.25, 0.3) is 6.08 Å². The number of benzene rings is 1. The number of ether oxygens (including phenoxy) is 1. The molecule has 0 atom stereocenters. The summed E-state index contributed by atoms with van der Waals surface area (Å²) in [6, 6.07) is 7.27. The van der Waals surface area contributed by atoms with Crippen molar-refractivity contribution in [3.63, 3.8) is 0 Å². The first-order valence-corrected chi connectivity index (χ1v) is 7.26. The Morgan fingerprint density at radius 1 is 1.29 bits per heavy atom. The second-order valence-electron chi connectivity index (χ2n) is 4.29. The van der Waals surface area contributed by atoms with Gasteiger partial charge in [-0.05, 0) is 35.5 Å². The summed E-state index contributed by atoms with van der Waals surface area (Å²) in [6.45, 7) is 4.53. The van der Waals surface area contributed by atoms with Crippen molar-refractivity contribution in [2.45, 2.75) is 0 Å². The Labute approximate surface area is 127 Å². The highest BCUT2D eigenvalue weighted by atomic mass is 32.2. The highest BCUT2D eigenvalue weighted by Gasteiger charge is 2.34. The Hall–Kier alpha value is -2.05. The third kappa shape index (κ3) is 3.74. The number of amides is 2. The van der Waals surface area contributed by atoms with Gasteiger partial charge in [0.1, 0.15) is 12.4 Å². The van der Waals surface area contributed by atoms with Crippen LogP contribution in [0.15, 0.2) is 41.8 Å². The lowest BCUT2D eigenvalue weighted by atomic mass is 10.2. The van der Waals surface area contributed by atoms with Crippen molar-refractivity contribution in [3.8, 4) is 5.75 Å². The zero-order chi connectivity index (χ0) is 15.2. The first-order valence-electron chi connectivity index (χ1n) is 6.45. The molecule has 2 N–H and O–H groups in total. The lowest BCUT2D eigenvalue weighted by Gasteiger charge is -2.09. The normalized spacial score (nSPS) is 16.6. The van der Waals surface area contributed by atoms with E-state index >= 15 is 0 Å². The summed E-state index contributed by atoms with van der Waals surface area (Å²) < 4.78 is 5.38. The Morgan fingerprint density at radius 3 is 2.62 bits per heavy atom. The molecular weight excluding hydrogens is 288 g/mol. The molecule has 0 saturated carbocycles. The predicted molar refractivity (Wildman–Crippen MR) is 83.9 cm³/mol. The van der Waals surface area contributed by atoms with E-state index in [0.29, 0.717) is 11.5 Å². The number of rotatable bonds is 6. The summed E-state index contributed by atoms with van der Waals surface area (Å²) in [6.07, 6.45) is 3.36. The van der Waals surface area contributed by atoms with Crippen molar-refractivity contribution in [3.05, 3.63) is 47.4 Å². The van der Waals surface area contributed by atoms with Gasteiger partial charge in [0, 0.05) is 13.1 Å². The zero-order valence-electron chi connectivity index (χ0n) is 11.5. The molecule has 2 rings (SSSR count). The average molecular weight is 304 g/mol. The Morgan fingerprint density at radius 2 is 2.00 bits per heavy atom. The summed E-state index contributed by atoms with van der Waals surface area (Å²) in [5.41, 5.74) is 6.22. The van der Waals surface area contributed by atoms with Crippen molar-refractivity contribution < 1.29 is 14.3 Å². The number of carbonyl (C=O) groups is 2. The predicted octanol–water partition coefficient (Wildman–Crippen LogP) is 2.25. The van der Waals surface area contributed by atoms with E-state index in [2.05, 4.69) is 6.58 Å². The van der Waals surface area contributed by atoms with Crippen molar-refractivity contribution >= 4 is 29.0 Å². The van der Waals surface area contributed by atoms with Crippen molar-refractivity contribution in [1.82, 2.24) is 4.90 Å². The van der Waals surface area contributed by atoms with E-state index < -0.39 is 0 Å². The molecule has 1 saturated heterocycles. The van der Waals surface area contributed by atoms with Gasteiger partial charge in [-0.3, -0.25) is 14.5 Å². The number of carbonyl (C=O) groups excluding carboxylic acids is 2. The van der Waals surface area contributed by atoms with Crippen LogP contribution < -0.4 is 10.5 Å². The van der Waals surface area contributed by atoms with Gasteiger partial charge in [-0.1, -0.05) is 24.8 Å².